The lowest BCUT2D eigenvalue weighted by molar-refractivity contribution is -0.129. The lowest BCUT2D eigenvalue weighted by Gasteiger charge is -2.19. The van der Waals surface area contributed by atoms with E-state index in [-0.39, 0.29) is 23.3 Å². The average molecular weight is 260 g/mol. The summed E-state index contributed by atoms with van der Waals surface area (Å²) in [6.45, 7) is 3.69. The molecule has 2 aliphatic heterocycles. The lowest BCUT2D eigenvalue weighted by atomic mass is 10.0. The van der Waals surface area contributed by atoms with E-state index in [1.807, 2.05) is 13.8 Å². The van der Waals surface area contributed by atoms with E-state index in [1.165, 1.54) is 0 Å². The molecule has 0 aromatic rings. The summed E-state index contributed by atoms with van der Waals surface area (Å²) in [5.74, 6) is -0.334. The van der Waals surface area contributed by atoms with Crippen LogP contribution in [0.4, 0.5) is 4.79 Å². The first-order valence-electron chi connectivity index (χ1n) is 5.66. The van der Waals surface area contributed by atoms with E-state index >= 15 is 0 Å². The van der Waals surface area contributed by atoms with E-state index in [0.717, 1.165) is 4.90 Å². The quantitative estimate of drug-likeness (QED) is 0.694. The largest absolute Gasteiger partial charge is 0.326 e. The minimum absolute atomic E-state index is 0.00876. The summed E-state index contributed by atoms with van der Waals surface area (Å²) in [7, 11) is -3.09. The Morgan fingerprint density at radius 1 is 1.35 bits per heavy atom. The Kier molecular flexibility index (Phi) is 2.89. The number of rotatable bonds is 2. The fourth-order valence-corrected chi connectivity index (χ4v) is 3.99. The Morgan fingerprint density at radius 3 is 2.41 bits per heavy atom. The molecule has 2 aliphatic rings. The monoisotopic (exact) mass is 260 g/mol. The van der Waals surface area contributed by atoms with Gasteiger partial charge in [-0.05, 0) is 12.3 Å². The molecule has 2 atom stereocenters. The highest BCUT2D eigenvalue weighted by molar-refractivity contribution is 7.91. The number of nitrogens with zero attached hydrogens (tertiary/aromatic N) is 1. The van der Waals surface area contributed by atoms with Crippen molar-refractivity contribution in [3.63, 3.8) is 0 Å². The van der Waals surface area contributed by atoms with Gasteiger partial charge in [0.1, 0.15) is 6.04 Å². The molecular formula is C10H16N2O4S. The van der Waals surface area contributed by atoms with Crippen LogP contribution in [0, 0.1) is 5.92 Å². The third kappa shape index (κ3) is 2.15. The summed E-state index contributed by atoms with van der Waals surface area (Å²) in [6.07, 6.45) is 0.353. The van der Waals surface area contributed by atoms with Gasteiger partial charge in [-0.15, -0.1) is 0 Å². The molecule has 2 saturated heterocycles. The SMILES string of the molecule is CC(C)C1NC(=O)N(C2CCS(=O)(=O)C2)C1=O. The van der Waals surface area contributed by atoms with E-state index < -0.39 is 28.0 Å². The highest BCUT2D eigenvalue weighted by Crippen LogP contribution is 2.23. The van der Waals surface area contributed by atoms with Crippen LogP contribution >= 0.6 is 0 Å². The van der Waals surface area contributed by atoms with Crippen molar-refractivity contribution < 1.29 is 18.0 Å². The predicted molar refractivity (Wildman–Crippen MR) is 61.1 cm³/mol. The molecular weight excluding hydrogens is 244 g/mol. The second-order valence-electron chi connectivity index (χ2n) is 4.94. The first-order chi connectivity index (χ1) is 7.82. The van der Waals surface area contributed by atoms with Crippen LogP contribution in [-0.2, 0) is 14.6 Å². The number of sulfone groups is 1. The molecule has 0 radical (unpaired) electrons. The third-order valence-corrected chi connectivity index (χ3v) is 4.99. The molecule has 0 spiro atoms. The normalized spacial score (nSPS) is 32.3. The fourth-order valence-electron chi connectivity index (χ4n) is 2.29. The van der Waals surface area contributed by atoms with Crippen molar-refractivity contribution >= 4 is 21.8 Å². The zero-order valence-electron chi connectivity index (χ0n) is 9.84. The van der Waals surface area contributed by atoms with Crippen LogP contribution in [0.25, 0.3) is 0 Å². The number of carbonyl (C=O) groups is 2. The number of hydrogen-bond donors (Lipinski definition) is 1. The van der Waals surface area contributed by atoms with Crippen molar-refractivity contribution in [2.45, 2.75) is 32.4 Å². The van der Waals surface area contributed by atoms with Crippen LogP contribution in [0.5, 0.6) is 0 Å². The van der Waals surface area contributed by atoms with E-state index in [2.05, 4.69) is 5.32 Å². The Balaban J connectivity index is 2.18. The highest BCUT2D eigenvalue weighted by Gasteiger charge is 2.46. The number of hydrogen-bond acceptors (Lipinski definition) is 4. The predicted octanol–water partition coefficient (Wildman–Crippen LogP) is -0.250. The molecule has 17 heavy (non-hydrogen) atoms. The standard InChI is InChI=1S/C10H16N2O4S/c1-6(2)8-9(13)12(10(14)11-8)7-3-4-17(15,16)5-7/h6-8H,3-5H2,1-2H3,(H,11,14). The molecule has 96 valence electrons. The van der Waals surface area contributed by atoms with Crippen molar-refractivity contribution in [2.24, 2.45) is 5.92 Å². The molecule has 2 rings (SSSR count). The molecule has 6 nitrogen and oxygen atoms in total. The summed E-state index contributed by atoms with van der Waals surface area (Å²) in [5, 5.41) is 2.60. The summed E-state index contributed by atoms with van der Waals surface area (Å²) >= 11 is 0. The van der Waals surface area contributed by atoms with Gasteiger partial charge in [0.25, 0.3) is 5.91 Å². The first-order valence-corrected chi connectivity index (χ1v) is 7.48. The van der Waals surface area contributed by atoms with Gasteiger partial charge in [0, 0.05) is 0 Å². The van der Waals surface area contributed by atoms with Crippen molar-refractivity contribution in [3.05, 3.63) is 0 Å². The molecule has 0 saturated carbocycles. The molecule has 0 aromatic heterocycles. The summed E-state index contributed by atoms with van der Waals surface area (Å²) in [4.78, 5) is 24.8. The number of carbonyl (C=O) groups excluding carboxylic acids is 2. The Bertz CT molecular complexity index is 457. The second-order valence-corrected chi connectivity index (χ2v) is 7.16. The van der Waals surface area contributed by atoms with Gasteiger partial charge < -0.3 is 5.32 Å². The fraction of sp³-hybridized carbons (Fsp3) is 0.800. The van der Waals surface area contributed by atoms with Gasteiger partial charge in [0.15, 0.2) is 9.84 Å². The molecule has 1 N–H and O–H groups in total. The van der Waals surface area contributed by atoms with Crippen LogP contribution in [0.15, 0.2) is 0 Å². The van der Waals surface area contributed by atoms with E-state index in [1.54, 1.807) is 0 Å². The third-order valence-electron chi connectivity index (χ3n) is 3.24. The van der Waals surface area contributed by atoms with Gasteiger partial charge in [-0.25, -0.2) is 13.2 Å². The maximum absolute atomic E-state index is 12.0. The lowest BCUT2D eigenvalue weighted by Crippen LogP contribution is -2.42. The minimum atomic E-state index is -3.09. The topological polar surface area (TPSA) is 83.6 Å². The van der Waals surface area contributed by atoms with Gasteiger partial charge in [-0.2, -0.15) is 0 Å². The molecule has 0 bridgehead atoms. The number of nitrogens with one attached hydrogen (secondary N) is 1. The summed E-state index contributed by atoms with van der Waals surface area (Å²) in [5.41, 5.74) is 0. The van der Waals surface area contributed by atoms with Crippen molar-refractivity contribution in [2.75, 3.05) is 11.5 Å². The molecule has 2 heterocycles. The van der Waals surface area contributed by atoms with Crippen molar-refractivity contribution in [1.82, 2.24) is 10.2 Å². The van der Waals surface area contributed by atoms with Gasteiger partial charge in [-0.1, -0.05) is 13.8 Å². The second kappa shape index (κ2) is 3.97. The average Bonchev–Trinajstić information content (AvgIpc) is 2.67. The molecule has 3 amide bonds. The number of imide groups is 1. The first kappa shape index (κ1) is 12.3. The van der Waals surface area contributed by atoms with E-state index in [0.29, 0.717) is 6.42 Å². The van der Waals surface area contributed by atoms with Crippen LogP contribution in [0.2, 0.25) is 0 Å². The van der Waals surface area contributed by atoms with Crippen LogP contribution in [0.1, 0.15) is 20.3 Å². The number of amides is 3. The number of urea groups is 1. The maximum atomic E-state index is 12.0. The Hall–Kier alpha value is -1.11. The zero-order valence-corrected chi connectivity index (χ0v) is 10.7. The highest BCUT2D eigenvalue weighted by atomic mass is 32.2. The van der Waals surface area contributed by atoms with Gasteiger partial charge in [0.2, 0.25) is 0 Å². The summed E-state index contributed by atoms with van der Waals surface area (Å²) < 4.78 is 22.7. The van der Waals surface area contributed by atoms with Gasteiger partial charge >= 0.3 is 6.03 Å². The van der Waals surface area contributed by atoms with Crippen molar-refractivity contribution in [1.29, 1.82) is 0 Å². The molecule has 2 fully saturated rings. The van der Waals surface area contributed by atoms with Gasteiger partial charge in [-0.3, -0.25) is 9.69 Å². The Morgan fingerprint density at radius 2 is 2.00 bits per heavy atom. The van der Waals surface area contributed by atoms with Crippen molar-refractivity contribution in [3.8, 4) is 0 Å². The summed E-state index contributed by atoms with van der Waals surface area (Å²) in [6, 6.07) is -1.47. The van der Waals surface area contributed by atoms with E-state index in [4.69, 9.17) is 0 Å². The molecule has 7 heteroatoms. The maximum Gasteiger partial charge on any atom is 0.325 e. The van der Waals surface area contributed by atoms with Gasteiger partial charge in [0.05, 0.1) is 17.5 Å². The molecule has 2 unspecified atom stereocenters. The molecule has 0 aromatic carbocycles. The Labute approximate surface area is 100 Å². The van der Waals surface area contributed by atoms with Crippen LogP contribution in [-0.4, -0.2) is 48.8 Å². The molecule has 0 aliphatic carbocycles. The smallest absolute Gasteiger partial charge is 0.325 e. The van der Waals surface area contributed by atoms with Crippen LogP contribution in [0.3, 0.4) is 0 Å². The van der Waals surface area contributed by atoms with E-state index in [9.17, 15) is 18.0 Å². The van der Waals surface area contributed by atoms with Crippen LogP contribution < -0.4 is 5.32 Å². The zero-order chi connectivity index (χ0) is 12.8. The minimum Gasteiger partial charge on any atom is -0.326 e.